The van der Waals surface area contributed by atoms with E-state index in [0.717, 1.165) is 57.8 Å². The molecule has 3 atom stereocenters. The Morgan fingerprint density at radius 2 is 0.526 bits per heavy atom. The number of hydrogen-bond donors (Lipinski definition) is 6. The molecule has 0 saturated heterocycles. The number of carboxylic acids is 3. The van der Waals surface area contributed by atoms with Gasteiger partial charge in [-0.25, -0.2) is 0 Å². The van der Waals surface area contributed by atoms with E-state index in [9.17, 15) is 58.6 Å². The second kappa shape index (κ2) is 60.7. The van der Waals surface area contributed by atoms with E-state index in [1.54, 1.807) is 0 Å². The van der Waals surface area contributed by atoms with E-state index >= 15 is 0 Å². The number of rotatable bonds is 47. The Balaban J connectivity index is -0.000000210. The number of aliphatic carboxylic acids is 3. The summed E-state index contributed by atoms with van der Waals surface area (Å²) in [5, 5.41) is 18.5. The number of carbonyl (C=O) groups excluding carboxylic acids is 3. The van der Waals surface area contributed by atoms with Crippen molar-refractivity contribution < 1.29 is 97.2 Å². The molecule has 0 heterocycles. The van der Waals surface area contributed by atoms with E-state index in [-0.39, 0.29) is 138 Å². The fourth-order valence-corrected chi connectivity index (χ4v) is 9.24. The molecule has 0 amide bonds. The number of hydrogen-bond acceptors (Lipinski definition) is 15. The summed E-state index contributed by atoms with van der Waals surface area (Å²) in [4.78, 5) is 66.4. The van der Waals surface area contributed by atoms with Crippen molar-refractivity contribution in [3.05, 3.63) is 0 Å². The zero-order valence-electron chi connectivity index (χ0n) is 44.6. The van der Waals surface area contributed by atoms with Gasteiger partial charge in [-0.1, -0.05) is 207 Å². The van der Waals surface area contributed by atoms with E-state index in [0.29, 0.717) is 19.3 Å². The zero-order valence-corrected chi connectivity index (χ0v) is 47.1. The molecule has 0 aliphatic heterocycles. The third-order valence-corrected chi connectivity index (χ3v) is 14.9. The van der Waals surface area contributed by atoms with Crippen molar-refractivity contribution in [2.24, 2.45) is 0 Å². The topological polar surface area (TPSA) is 354 Å². The van der Waals surface area contributed by atoms with Crippen LogP contribution in [0.4, 0.5) is 0 Å². The molecule has 21 nitrogen and oxygen atoms in total. The molecule has 0 spiro atoms. The summed E-state index contributed by atoms with van der Waals surface area (Å²) in [5.74, 6) is -8.11. The van der Waals surface area contributed by atoms with Gasteiger partial charge >= 0.3 is 154 Å². The average molecular weight is 1220 g/mol. The minimum absolute atomic E-state index is 0. The molecule has 28 heteroatoms. The number of unbranched alkanes of at least 4 members (excludes halogenated alkanes) is 29. The maximum absolute atomic E-state index is 12.2. The molecule has 3 unspecified atom stereocenters. The van der Waals surface area contributed by atoms with Gasteiger partial charge in [-0.2, -0.15) is 25.3 Å². The zero-order chi connectivity index (χ0) is 56.7. The predicted octanol–water partition coefficient (Wildman–Crippen LogP) is 7.73. The van der Waals surface area contributed by atoms with Crippen molar-refractivity contribution in [2.45, 2.75) is 261 Å². The van der Waals surface area contributed by atoms with E-state index in [1.807, 2.05) is 0 Å². The van der Waals surface area contributed by atoms with Crippen LogP contribution in [0.5, 0.6) is 0 Å². The standard InChI is InChI=1S/C28H54O7S.C18H34O7S.C4H6O7S.4Na.4H/c1-3-5-7-9-11-13-15-17-19-21-23-34-27(29)25-26(36(31,32)33)28(30)35-24-22-20-18-16-14-12-10-8-6-4-2;1-2-3-4-5-6-7-8-9-10-11-12-13-14-25-18(21)16(15-17(19)20)26(22,23)24;5-3(6)1-2(4(7)8)12(9,10)11;;;;;;;;/h26H,3-25H2,1-2H3,(H,31,32,33);16H,2-15H2,1H3,(H,19,20)(H,22,23,24);2H,1H2,(H,5,6)(H,7,8)(H,9,10,11);;;;;;;;. The van der Waals surface area contributed by atoms with Gasteiger partial charge in [-0.15, -0.1) is 0 Å². The molecule has 0 rings (SSSR count). The van der Waals surface area contributed by atoms with Crippen molar-refractivity contribution >= 4 is 184 Å². The number of ether oxygens (including phenoxy) is 3. The van der Waals surface area contributed by atoms with Crippen LogP contribution in [0.15, 0.2) is 0 Å². The van der Waals surface area contributed by atoms with Crippen molar-refractivity contribution in [3.8, 4) is 0 Å². The van der Waals surface area contributed by atoms with Gasteiger partial charge in [0.2, 0.25) is 0 Å². The SMILES string of the molecule is CCCCCCCCCCCCCCOC(=O)C(CC(=O)O)S(=O)(=O)O.CCCCCCCCCCCCOC(=O)CC(C(=O)OCCCCCCCCCCCC)S(=O)(=O)O.O=C(O)CC(C(=O)O)S(=O)(=O)O.[NaH].[NaH].[NaH].[NaH]. The first-order chi connectivity index (χ1) is 34.9. The van der Waals surface area contributed by atoms with Gasteiger partial charge in [0.15, 0.2) is 15.7 Å². The van der Waals surface area contributed by atoms with Gasteiger partial charge in [0.1, 0.15) is 0 Å². The van der Waals surface area contributed by atoms with Gasteiger partial charge in [0, 0.05) is 0 Å². The van der Waals surface area contributed by atoms with Crippen LogP contribution in [0.2, 0.25) is 0 Å². The average Bonchev–Trinajstić information content (AvgIpc) is 3.30. The summed E-state index contributed by atoms with van der Waals surface area (Å²) < 4.78 is 107. The molecule has 0 bridgehead atoms. The molecule has 78 heavy (non-hydrogen) atoms. The Bertz CT molecular complexity index is 1840. The van der Waals surface area contributed by atoms with Crippen LogP contribution in [0.3, 0.4) is 0 Å². The van der Waals surface area contributed by atoms with Gasteiger partial charge in [0.05, 0.1) is 39.1 Å². The van der Waals surface area contributed by atoms with Crippen molar-refractivity contribution in [1.82, 2.24) is 0 Å². The van der Waals surface area contributed by atoms with Gasteiger partial charge in [0.25, 0.3) is 30.4 Å². The fourth-order valence-electron chi connectivity index (χ4n) is 7.31. The summed E-state index contributed by atoms with van der Waals surface area (Å²) in [6.45, 7) is 6.92. The van der Waals surface area contributed by atoms with E-state index in [4.69, 9.17) is 38.6 Å². The monoisotopic (exact) mass is 1220 g/mol. The first kappa shape index (κ1) is 92.3. The summed E-state index contributed by atoms with van der Waals surface area (Å²) in [6, 6.07) is 0. The molecule has 0 aromatic rings. The molecular weight excluding hydrogens is 1120 g/mol. The Kier molecular flexibility index (Phi) is 71.8. The molecule has 446 valence electrons. The Morgan fingerprint density at radius 1 is 0.321 bits per heavy atom. The molecule has 0 aromatic heterocycles. The third-order valence-electron chi connectivity index (χ3n) is 11.7. The van der Waals surface area contributed by atoms with E-state index in [1.165, 1.54) is 128 Å². The molecule has 0 aliphatic carbocycles. The molecular formula is C50H98Na4O21S3. The number of carbonyl (C=O) groups is 6. The Morgan fingerprint density at radius 3 is 0.731 bits per heavy atom. The predicted molar refractivity (Wildman–Crippen MR) is 309 cm³/mol. The number of esters is 3. The molecule has 0 saturated carbocycles. The van der Waals surface area contributed by atoms with E-state index < -0.39 is 101 Å². The van der Waals surface area contributed by atoms with E-state index in [2.05, 4.69) is 20.8 Å². The molecule has 0 fully saturated rings. The summed E-state index contributed by atoms with van der Waals surface area (Å²) in [6.07, 6.45) is 33.8. The number of carboxylic acid groups (broad SMARTS) is 3. The molecule has 0 aromatic carbocycles. The molecule has 6 N–H and O–H groups in total. The van der Waals surface area contributed by atoms with Crippen molar-refractivity contribution in [1.29, 1.82) is 0 Å². The van der Waals surface area contributed by atoms with Crippen LogP contribution in [0.1, 0.15) is 245 Å². The minimum atomic E-state index is -4.84. The second-order valence-corrected chi connectivity index (χ2v) is 23.4. The summed E-state index contributed by atoms with van der Waals surface area (Å²) >= 11 is 0. The maximum atomic E-state index is 12.2. The van der Waals surface area contributed by atoms with Crippen LogP contribution in [-0.2, 0) is 73.3 Å². The van der Waals surface area contributed by atoms with Gasteiger partial charge in [-0.05, 0) is 19.3 Å². The normalized spacial score (nSPS) is 12.1. The van der Waals surface area contributed by atoms with Crippen LogP contribution < -0.4 is 0 Å². The second-order valence-electron chi connectivity index (χ2n) is 18.6. The Hall–Kier alpha value is 0.550. The third kappa shape index (κ3) is 62.6. The first-order valence-corrected chi connectivity index (χ1v) is 31.4. The first-order valence-electron chi connectivity index (χ1n) is 26.9. The summed E-state index contributed by atoms with van der Waals surface area (Å²) in [7, 11) is -14.4. The molecule has 0 aliphatic rings. The van der Waals surface area contributed by atoms with Crippen LogP contribution in [0, 0.1) is 0 Å². The fraction of sp³-hybridized carbons (Fsp3) is 0.880. The van der Waals surface area contributed by atoms with Crippen LogP contribution >= 0.6 is 0 Å². The quantitative estimate of drug-likeness (QED) is 0.0112. The van der Waals surface area contributed by atoms with Gasteiger partial charge < -0.3 is 29.5 Å². The van der Waals surface area contributed by atoms with Crippen molar-refractivity contribution in [3.63, 3.8) is 0 Å². The van der Waals surface area contributed by atoms with Crippen LogP contribution in [-0.4, -0.2) is 244 Å². The van der Waals surface area contributed by atoms with Gasteiger partial charge in [-0.3, -0.25) is 42.4 Å². The van der Waals surface area contributed by atoms with Crippen molar-refractivity contribution in [2.75, 3.05) is 19.8 Å². The molecule has 0 radical (unpaired) electrons. The summed E-state index contributed by atoms with van der Waals surface area (Å²) in [5.41, 5.74) is 0. The van der Waals surface area contributed by atoms with Crippen LogP contribution in [0.25, 0.3) is 0 Å². The Labute approximate surface area is 556 Å².